The first-order chi connectivity index (χ1) is 4.70. The van der Waals surface area contributed by atoms with Gasteiger partial charge in [0.25, 0.3) is 0 Å². The lowest BCUT2D eigenvalue weighted by atomic mass is 10.3. The SMILES string of the molecule is NC1=CCC=C(O)C(F)=C1. The van der Waals surface area contributed by atoms with Crippen LogP contribution in [0.15, 0.2) is 35.5 Å². The second-order valence-corrected chi connectivity index (χ2v) is 2.02. The van der Waals surface area contributed by atoms with Crippen LogP contribution in [0.2, 0.25) is 0 Å². The monoisotopic (exact) mass is 141 g/mol. The minimum Gasteiger partial charge on any atom is -0.505 e. The third kappa shape index (κ3) is 1.37. The highest BCUT2D eigenvalue weighted by atomic mass is 19.1. The van der Waals surface area contributed by atoms with Gasteiger partial charge in [-0.25, -0.2) is 4.39 Å². The summed E-state index contributed by atoms with van der Waals surface area (Å²) in [6.45, 7) is 0. The highest BCUT2D eigenvalue weighted by molar-refractivity contribution is 5.31. The molecule has 1 aliphatic carbocycles. The molecule has 0 radical (unpaired) electrons. The molecule has 2 nitrogen and oxygen atoms in total. The molecule has 0 bridgehead atoms. The first-order valence-corrected chi connectivity index (χ1v) is 2.92. The van der Waals surface area contributed by atoms with E-state index in [1.807, 2.05) is 0 Å². The topological polar surface area (TPSA) is 46.2 Å². The number of aliphatic hydroxyl groups excluding tert-OH is 1. The first-order valence-electron chi connectivity index (χ1n) is 2.92. The lowest BCUT2D eigenvalue weighted by Crippen LogP contribution is -1.92. The van der Waals surface area contributed by atoms with Crippen molar-refractivity contribution >= 4 is 0 Å². The van der Waals surface area contributed by atoms with Crippen LogP contribution in [0.25, 0.3) is 0 Å². The number of hydrogen-bond acceptors (Lipinski definition) is 2. The fourth-order valence-electron chi connectivity index (χ4n) is 0.683. The zero-order chi connectivity index (χ0) is 7.56. The van der Waals surface area contributed by atoms with E-state index in [1.165, 1.54) is 6.08 Å². The lowest BCUT2D eigenvalue weighted by Gasteiger charge is -1.91. The van der Waals surface area contributed by atoms with Gasteiger partial charge in [-0.2, -0.15) is 0 Å². The van der Waals surface area contributed by atoms with Crippen LogP contribution in [0.5, 0.6) is 0 Å². The zero-order valence-electron chi connectivity index (χ0n) is 5.34. The Labute approximate surface area is 58.2 Å². The maximum Gasteiger partial charge on any atom is 0.166 e. The van der Waals surface area contributed by atoms with Crippen molar-refractivity contribution in [3.05, 3.63) is 35.5 Å². The molecule has 0 saturated carbocycles. The molecule has 3 N–H and O–H groups in total. The van der Waals surface area contributed by atoms with E-state index >= 15 is 0 Å². The average Bonchev–Trinajstić information content (AvgIpc) is 1.96. The molecule has 0 aromatic heterocycles. The van der Waals surface area contributed by atoms with Crippen LogP contribution in [0, 0.1) is 0 Å². The second-order valence-electron chi connectivity index (χ2n) is 2.02. The van der Waals surface area contributed by atoms with Gasteiger partial charge in [0, 0.05) is 11.8 Å². The predicted molar refractivity (Wildman–Crippen MR) is 36.8 cm³/mol. The molecule has 1 aliphatic rings. The highest BCUT2D eigenvalue weighted by Crippen LogP contribution is 2.14. The van der Waals surface area contributed by atoms with E-state index in [9.17, 15) is 4.39 Å². The van der Waals surface area contributed by atoms with Crippen molar-refractivity contribution in [1.29, 1.82) is 0 Å². The Morgan fingerprint density at radius 2 is 2.20 bits per heavy atom. The molecule has 0 atom stereocenters. The Hall–Kier alpha value is -1.25. The summed E-state index contributed by atoms with van der Waals surface area (Å²) in [5.74, 6) is -1.01. The number of allylic oxidation sites excluding steroid dienone is 4. The van der Waals surface area contributed by atoms with Crippen LogP contribution >= 0.6 is 0 Å². The van der Waals surface area contributed by atoms with E-state index in [-0.39, 0.29) is 5.76 Å². The predicted octanol–water partition coefficient (Wildman–Crippen LogP) is 1.53. The molecule has 0 aromatic carbocycles. The molecule has 0 spiro atoms. The van der Waals surface area contributed by atoms with Crippen LogP contribution in [-0.2, 0) is 0 Å². The molecule has 0 fully saturated rings. The van der Waals surface area contributed by atoms with Gasteiger partial charge in [0.2, 0.25) is 0 Å². The number of halogens is 1. The largest absolute Gasteiger partial charge is 0.505 e. The number of rotatable bonds is 0. The molecule has 0 amide bonds. The van der Waals surface area contributed by atoms with Gasteiger partial charge in [-0.3, -0.25) is 0 Å². The van der Waals surface area contributed by atoms with Gasteiger partial charge in [0.1, 0.15) is 5.76 Å². The van der Waals surface area contributed by atoms with E-state index in [2.05, 4.69) is 0 Å². The van der Waals surface area contributed by atoms with Gasteiger partial charge >= 0.3 is 0 Å². The van der Waals surface area contributed by atoms with E-state index in [4.69, 9.17) is 10.8 Å². The zero-order valence-corrected chi connectivity index (χ0v) is 5.34. The quantitative estimate of drug-likeness (QED) is 0.537. The summed E-state index contributed by atoms with van der Waals surface area (Å²) in [6.07, 6.45) is 4.56. The number of aliphatic hydroxyl groups is 1. The molecule has 1 rings (SSSR count). The summed E-state index contributed by atoms with van der Waals surface area (Å²) in [4.78, 5) is 0. The molecular formula is C7H8FNO. The van der Waals surface area contributed by atoms with Crippen molar-refractivity contribution in [3.8, 4) is 0 Å². The van der Waals surface area contributed by atoms with Gasteiger partial charge in [0.05, 0.1) is 0 Å². The Balaban J connectivity index is 2.92. The lowest BCUT2D eigenvalue weighted by molar-refractivity contribution is 0.388. The van der Waals surface area contributed by atoms with E-state index in [1.54, 1.807) is 6.08 Å². The van der Waals surface area contributed by atoms with Crippen molar-refractivity contribution in [2.45, 2.75) is 6.42 Å². The second kappa shape index (κ2) is 2.56. The van der Waals surface area contributed by atoms with E-state index in [0.717, 1.165) is 6.08 Å². The van der Waals surface area contributed by atoms with Gasteiger partial charge in [0.15, 0.2) is 5.83 Å². The van der Waals surface area contributed by atoms with Gasteiger partial charge in [-0.15, -0.1) is 0 Å². The van der Waals surface area contributed by atoms with Crippen LogP contribution in [-0.4, -0.2) is 5.11 Å². The Morgan fingerprint density at radius 1 is 1.50 bits per heavy atom. The average molecular weight is 141 g/mol. The molecule has 0 heterocycles. The van der Waals surface area contributed by atoms with Gasteiger partial charge in [-0.05, 0) is 12.5 Å². The van der Waals surface area contributed by atoms with Crippen LogP contribution in [0.1, 0.15) is 6.42 Å². The fraction of sp³-hybridized carbons (Fsp3) is 0.143. The normalized spacial score (nSPS) is 18.7. The van der Waals surface area contributed by atoms with Gasteiger partial charge < -0.3 is 10.8 Å². The third-order valence-corrected chi connectivity index (χ3v) is 1.20. The maximum absolute atomic E-state index is 12.5. The number of nitrogens with two attached hydrogens (primary N) is 1. The Morgan fingerprint density at radius 3 is 2.90 bits per heavy atom. The van der Waals surface area contributed by atoms with Crippen LogP contribution in [0.4, 0.5) is 4.39 Å². The summed E-state index contributed by atoms with van der Waals surface area (Å²) in [5, 5.41) is 8.80. The van der Waals surface area contributed by atoms with E-state index in [0.29, 0.717) is 12.1 Å². The highest BCUT2D eigenvalue weighted by Gasteiger charge is 2.03. The van der Waals surface area contributed by atoms with Crippen molar-refractivity contribution in [3.63, 3.8) is 0 Å². The van der Waals surface area contributed by atoms with Crippen LogP contribution in [0.3, 0.4) is 0 Å². The maximum atomic E-state index is 12.5. The summed E-state index contributed by atoms with van der Waals surface area (Å²) in [6, 6.07) is 0. The molecular weight excluding hydrogens is 133 g/mol. The van der Waals surface area contributed by atoms with Crippen molar-refractivity contribution in [2.75, 3.05) is 0 Å². The summed E-state index contributed by atoms with van der Waals surface area (Å²) < 4.78 is 12.5. The summed E-state index contributed by atoms with van der Waals surface area (Å²) >= 11 is 0. The third-order valence-electron chi connectivity index (χ3n) is 1.20. The Bertz CT molecular complexity index is 228. The van der Waals surface area contributed by atoms with Crippen molar-refractivity contribution in [2.24, 2.45) is 5.73 Å². The molecule has 0 aromatic rings. The molecule has 0 unspecified atom stereocenters. The smallest absolute Gasteiger partial charge is 0.166 e. The number of hydrogen-bond donors (Lipinski definition) is 2. The summed E-state index contributed by atoms with van der Waals surface area (Å²) in [5.41, 5.74) is 5.63. The minimum atomic E-state index is -0.675. The van der Waals surface area contributed by atoms with Crippen molar-refractivity contribution < 1.29 is 9.50 Å². The molecule has 54 valence electrons. The molecule has 10 heavy (non-hydrogen) atoms. The van der Waals surface area contributed by atoms with Gasteiger partial charge in [-0.1, -0.05) is 6.08 Å². The summed E-state index contributed by atoms with van der Waals surface area (Å²) in [7, 11) is 0. The molecule has 0 saturated heterocycles. The molecule has 0 aliphatic heterocycles. The first kappa shape index (κ1) is 6.86. The van der Waals surface area contributed by atoms with E-state index < -0.39 is 5.83 Å². The van der Waals surface area contributed by atoms with Crippen molar-refractivity contribution in [1.82, 2.24) is 0 Å². The standard InChI is InChI=1S/C7H8FNO/c8-6-4-5(9)2-1-3-7(6)10/h2-4,10H,1,9H2. The Kier molecular flexibility index (Phi) is 1.76. The van der Waals surface area contributed by atoms with Crippen LogP contribution < -0.4 is 5.73 Å². The minimum absolute atomic E-state index is 0.336. The molecule has 3 heteroatoms. The fourth-order valence-corrected chi connectivity index (χ4v) is 0.683.